The van der Waals surface area contributed by atoms with Gasteiger partial charge in [-0.2, -0.15) is 0 Å². The number of furan rings is 1. The summed E-state index contributed by atoms with van der Waals surface area (Å²) in [6.07, 6.45) is 2.55. The van der Waals surface area contributed by atoms with E-state index in [-0.39, 0.29) is 0 Å². The van der Waals surface area contributed by atoms with Crippen molar-refractivity contribution in [3.05, 3.63) is 51.3 Å². The van der Waals surface area contributed by atoms with Crippen molar-refractivity contribution in [3.63, 3.8) is 0 Å². The first-order chi connectivity index (χ1) is 9.70. The van der Waals surface area contributed by atoms with E-state index in [9.17, 15) is 0 Å². The Hall–Kier alpha value is -0.970. The Balaban J connectivity index is 1.55. The topological polar surface area (TPSA) is 34.4 Å². The summed E-state index contributed by atoms with van der Waals surface area (Å²) < 4.78 is 12.3. The van der Waals surface area contributed by atoms with E-state index in [1.807, 2.05) is 24.3 Å². The molecule has 0 amide bonds. The van der Waals surface area contributed by atoms with Crippen LogP contribution >= 0.6 is 27.5 Å². The van der Waals surface area contributed by atoms with E-state index in [1.165, 1.54) is 12.8 Å². The molecule has 0 saturated heterocycles. The molecule has 2 aromatic rings. The first-order valence-electron chi connectivity index (χ1n) is 6.59. The highest BCUT2D eigenvalue weighted by molar-refractivity contribution is 9.10. The monoisotopic (exact) mass is 355 g/mol. The Labute approximate surface area is 131 Å². The summed E-state index contributed by atoms with van der Waals surface area (Å²) >= 11 is 9.47. The molecule has 1 aromatic carbocycles. The lowest BCUT2D eigenvalue weighted by Gasteiger charge is -2.06. The summed E-state index contributed by atoms with van der Waals surface area (Å²) in [5.41, 5.74) is 0. The fourth-order valence-electron chi connectivity index (χ4n) is 1.86. The van der Waals surface area contributed by atoms with Crippen LogP contribution in [-0.2, 0) is 13.2 Å². The van der Waals surface area contributed by atoms with Crippen molar-refractivity contribution in [2.45, 2.75) is 32.0 Å². The van der Waals surface area contributed by atoms with E-state index in [0.717, 1.165) is 22.5 Å². The molecule has 1 heterocycles. The summed E-state index contributed by atoms with van der Waals surface area (Å²) in [5.74, 6) is 2.39. The quantitative estimate of drug-likeness (QED) is 0.826. The second kappa shape index (κ2) is 6.20. The highest BCUT2D eigenvalue weighted by atomic mass is 79.9. The third kappa shape index (κ3) is 3.78. The van der Waals surface area contributed by atoms with E-state index in [2.05, 4.69) is 21.2 Å². The molecule has 1 aliphatic carbocycles. The van der Waals surface area contributed by atoms with Crippen LogP contribution in [0, 0.1) is 0 Å². The molecule has 1 saturated carbocycles. The third-order valence-corrected chi connectivity index (χ3v) is 3.93. The molecule has 1 aliphatic rings. The Morgan fingerprint density at radius 2 is 2.05 bits per heavy atom. The molecular formula is C15H15BrClNO2. The van der Waals surface area contributed by atoms with Crippen LogP contribution in [-0.4, -0.2) is 6.04 Å². The molecule has 3 nitrogen and oxygen atoms in total. The zero-order chi connectivity index (χ0) is 13.9. The average Bonchev–Trinajstić information content (AvgIpc) is 3.16. The van der Waals surface area contributed by atoms with Gasteiger partial charge in [0.2, 0.25) is 0 Å². The fourth-order valence-corrected chi connectivity index (χ4v) is 2.38. The molecule has 0 unspecified atom stereocenters. The number of nitrogens with one attached hydrogen (secondary N) is 1. The van der Waals surface area contributed by atoms with E-state index < -0.39 is 0 Å². The summed E-state index contributed by atoms with van der Waals surface area (Å²) in [6, 6.07) is 10.1. The van der Waals surface area contributed by atoms with E-state index in [0.29, 0.717) is 23.4 Å². The molecule has 0 aliphatic heterocycles. The minimum atomic E-state index is 0.375. The SMILES string of the molecule is Clc1ccc(Br)cc1OCc1ccc(CNC2CC2)o1. The number of benzene rings is 1. The Bertz CT molecular complexity index is 595. The van der Waals surface area contributed by atoms with Gasteiger partial charge in [0.05, 0.1) is 11.6 Å². The van der Waals surface area contributed by atoms with Crippen LogP contribution in [0.15, 0.2) is 39.2 Å². The van der Waals surface area contributed by atoms with E-state index in [4.69, 9.17) is 20.8 Å². The molecule has 0 bridgehead atoms. The fraction of sp³-hybridized carbons (Fsp3) is 0.333. The van der Waals surface area contributed by atoms with Gasteiger partial charge in [-0.25, -0.2) is 0 Å². The van der Waals surface area contributed by atoms with Gasteiger partial charge in [0.25, 0.3) is 0 Å². The number of rotatable bonds is 6. The second-order valence-electron chi connectivity index (χ2n) is 4.89. The first-order valence-corrected chi connectivity index (χ1v) is 7.76. The Morgan fingerprint density at radius 3 is 2.85 bits per heavy atom. The molecule has 1 fully saturated rings. The van der Waals surface area contributed by atoms with Crippen LogP contribution in [0.25, 0.3) is 0 Å². The predicted molar refractivity (Wildman–Crippen MR) is 82.1 cm³/mol. The zero-order valence-corrected chi connectivity index (χ0v) is 13.2. The van der Waals surface area contributed by atoms with Gasteiger partial charge in [-0.05, 0) is 43.2 Å². The molecule has 1 aromatic heterocycles. The van der Waals surface area contributed by atoms with Gasteiger partial charge in [-0.3, -0.25) is 0 Å². The van der Waals surface area contributed by atoms with Crippen molar-refractivity contribution in [3.8, 4) is 5.75 Å². The lowest BCUT2D eigenvalue weighted by Crippen LogP contribution is -2.14. The summed E-state index contributed by atoms with van der Waals surface area (Å²) in [6.45, 7) is 1.15. The first kappa shape index (κ1) is 14.0. The highest BCUT2D eigenvalue weighted by Crippen LogP contribution is 2.28. The molecular weight excluding hydrogens is 342 g/mol. The predicted octanol–water partition coefficient (Wildman–Crippen LogP) is 4.53. The molecule has 20 heavy (non-hydrogen) atoms. The molecule has 0 atom stereocenters. The molecule has 0 spiro atoms. The van der Waals surface area contributed by atoms with Crippen molar-refractivity contribution in [2.75, 3.05) is 0 Å². The van der Waals surface area contributed by atoms with Gasteiger partial charge in [-0.1, -0.05) is 27.5 Å². The van der Waals surface area contributed by atoms with Crippen LogP contribution in [0.2, 0.25) is 5.02 Å². The maximum Gasteiger partial charge on any atom is 0.146 e. The molecule has 3 rings (SSSR count). The number of hydrogen-bond acceptors (Lipinski definition) is 3. The van der Waals surface area contributed by atoms with Crippen LogP contribution in [0.4, 0.5) is 0 Å². The summed E-state index contributed by atoms with van der Waals surface area (Å²) in [5, 5.41) is 4.01. The van der Waals surface area contributed by atoms with Gasteiger partial charge in [0, 0.05) is 10.5 Å². The number of ether oxygens (including phenoxy) is 1. The van der Waals surface area contributed by atoms with Crippen LogP contribution < -0.4 is 10.1 Å². The van der Waals surface area contributed by atoms with Gasteiger partial charge < -0.3 is 14.5 Å². The van der Waals surface area contributed by atoms with Crippen molar-refractivity contribution < 1.29 is 9.15 Å². The van der Waals surface area contributed by atoms with Crippen molar-refractivity contribution in [1.29, 1.82) is 0 Å². The van der Waals surface area contributed by atoms with Crippen LogP contribution in [0.3, 0.4) is 0 Å². The standard InChI is InChI=1S/C15H15BrClNO2/c16-10-1-6-14(17)15(7-10)19-9-13-5-4-12(20-13)8-18-11-2-3-11/h1,4-7,11,18H,2-3,8-9H2. The molecule has 5 heteroatoms. The number of halogens is 2. The Kier molecular flexibility index (Phi) is 4.34. The third-order valence-electron chi connectivity index (χ3n) is 3.12. The summed E-state index contributed by atoms with van der Waals surface area (Å²) in [7, 11) is 0. The van der Waals surface area contributed by atoms with Crippen molar-refractivity contribution in [2.24, 2.45) is 0 Å². The number of hydrogen-bond donors (Lipinski definition) is 1. The van der Waals surface area contributed by atoms with Crippen LogP contribution in [0.5, 0.6) is 5.75 Å². The normalized spacial score (nSPS) is 14.5. The highest BCUT2D eigenvalue weighted by Gasteiger charge is 2.20. The lowest BCUT2D eigenvalue weighted by molar-refractivity contribution is 0.265. The minimum Gasteiger partial charge on any atom is -0.484 e. The second-order valence-corrected chi connectivity index (χ2v) is 6.21. The van der Waals surface area contributed by atoms with Crippen molar-refractivity contribution >= 4 is 27.5 Å². The smallest absolute Gasteiger partial charge is 0.146 e. The van der Waals surface area contributed by atoms with Gasteiger partial charge >= 0.3 is 0 Å². The van der Waals surface area contributed by atoms with Gasteiger partial charge in [0.15, 0.2) is 0 Å². The maximum atomic E-state index is 6.07. The van der Waals surface area contributed by atoms with Crippen molar-refractivity contribution in [1.82, 2.24) is 5.32 Å². The van der Waals surface area contributed by atoms with E-state index >= 15 is 0 Å². The average molecular weight is 357 g/mol. The molecule has 0 radical (unpaired) electrons. The molecule has 106 valence electrons. The maximum absolute atomic E-state index is 6.07. The summed E-state index contributed by atoms with van der Waals surface area (Å²) in [4.78, 5) is 0. The largest absolute Gasteiger partial charge is 0.484 e. The minimum absolute atomic E-state index is 0.375. The van der Waals surface area contributed by atoms with Crippen LogP contribution in [0.1, 0.15) is 24.4 Å². The van der Waals surface area contributed by atoms with Gasteiger partial charge in [0.1, 0.15) is 23.9 Å². The van der Waals surface area contributed by atoms with Gasteiger partial charge in [-0.15, -0.1) is 0 Å². The van der Waals surface area contributed by atoms with E-state index in [1.54, 1.807) is 6.07 Å². The Morgan fingerprint density at radius 1 is 1.25 bits per heavy atom. The zero-order valence-electron chi connectivity index (χ0n) is 10.9. The molecule has 1 N–H and O–H groups in total. The lowest BCUT2D eigenvalue weighted by atomic mass is 10.3.